The van der Waals surface area contributed by atoms with Crippen LogP contribution in [0.1, 0.15) is 16.1 Å². The zero-order valence-corrected chi connectivity index (χ0v) is 18.9. The number of pyridine rings is 1. The Kier molecular flexibility index (Phi) is 6.29. The molecule has 2 aromatic carbocycles. The number of methoxy groups -OCH3 is 1. The minimum atomic E-state index is -4.79. The second kappa shape index (κ2) is 9.04. The second-order valence-corrected chi connectivity index (χ2v) is 8.07. The number of Topliss-reactive ketones (excluding diaryl/α,β-unsaturated/α-hetero) is 1. The SMILES string of the molecule is COc1ccc(-c2cc3ccccn3c2C(=O)C(=O)Nc2ccc(Cl)cc2C(F)(F)F)cc1Cl. The van der Waals surface area contributed by atoms with Gasteiger partial charge in [-0.15, -0.1) is 0 Å². The van der Waals surface area contributed by atoms with Crippen molar-refractivity contribution in [3.8, 4) is 16.9 Å². The maximum atomic E-state index is 13.4. The molecule has 0 saturated carbocycles. The Hall–Kier alpha value is -3.49. The summed E-state index contributed by atoms with van der Waals surface area (Å²) in [6.07, 6.45) is -3.21. The van der Waals surface area contributed by atoms with Gasteiger partial charge in [0.2, 0.25) is 0 Å². The van der Waals surface area contributed by atoms with Crippen LogP contribution >= 0.6 is 23.2 Å². The molecule has 0 fully saturated rings. The Morgan fingerprint density at radius 3 is 2.44 bits per heavy atom. The number of halogens is 5. The van der Waals surface area contributed by atoms with Crippen LogP contribution in [-0.4, -0.2) is 23.2 Å². The Morgan fingerprint density at radius 1 is 1.00 bits per heavy atom. The number of benzene rings is 2. The molecular weight excluding hydrogens is 492 g/mol. The molecule has 2 aromatic heterocycles. The number of ketones is 1. The number of fused-ring (bicyclic) bond motifs is 1. The summed E-state index contributed by atoms with van der Waals surface area (Å²) in [6.45, 7) is 0. The second-order valence-electron chi connectivity index (χ2n) is 7.22. The van der Waals surface area contributed by atoms with E-state index in [2.05, 4.69) is 5.32 Å². The molecular formula is C24H15Cl2F3N2O3. The predicted molar refractivity (Wildman–Crippen MR) is 124 cm³/mol. The highest BCUT2D eigenvalue weighted by Gasteiger charge is 2.35. The fourth-order valence-electron chi connectivity index (χ4n) is 3.56. The summed E-state index contributed by atoms with van der Waals surface area (Å²) < 4.78 is 46.9. The fraction of sp³-hybridized carbons (Fsp3) is 0.0833. The molecule has 4 rings (SSSR count). The molecule has 0 spiro atoms. The van der Waals surface area contributed by atoms with E-state index in [1.165, 1.54) is 17.6 Å². The van der Waals surface area contributed by atoms with Gasteiger partial charge in [-0.2, -0.15) is 13.2 Å². The van der Waals surface area contributed by atoms with Crippen LogP contribution < -0.4 is 10.1 Å². The minimum absolute atomic E-state index is 0.0307. The predicted octanol–water partition coefficient (Wildman–Crippen LogP) is 6.76. The number of ether oxygens (including phenoxy) is 1. The van der Waals surface area contributed by atoms with Gasteiger partial charge in [0.25, 0.3) is 11.7 Å². The first-order valence-electron chi connectivity index (χ1n) is 9.76. The molecule has 5 nitrogen and oxygen atoms in total. The number of rotatable bonds is 5. The minimum Gasteiger partial charge on any atom is -0.495 e. The maximum Gasteiger partial charge on any atom is 0.418 e. The van der Waals surface area contributed by atoms with E-state index in [0.717, 1.165) is 6.07 Å². The average Bonchev–Trinajstić information content (AvgIpc) is 3.18. The van der Waals surface area contributed by atoms with Gasteiger partial charge < -0.3 is 14.5 Å². The van der Waals surface area contributed by atoms with Crippen LogP contribution in [0, 0.1) is 0 Å². The molecule has 0 bridgehead atoms. The number of amides is 1. The van der Waals surface area contributed by atoms with Crippen molar-refractivity contribution in [1.29, 1.82) is 0 Å². The number of nitrogens with one attached hydrogen (secondary N) is 1. The fourth-order valence-corrected chi connectivity index (χ4v) is 3.99. The number of hydrogen-bond donors (Lipinski definition) is 1. The van der Waals surface area contributed by atoms with Crippen LogP contribution in [-0.2, 0) is 11.0 Å². The van der Waals surface area contributed by atoms with Crippen molar-refractivity contribution in [2.75, 3.05) is 12.4 Å². The monoisotopic (exact) mass is 506 g/mol. The van der Waals surface area contributed by atoms with Crippen molar-refractivity contribution in [2.24, 2.45) is 0 Å². The normalized spacial score (nSPS) is 11.5. The molecule has 34 heavy (non-hydrogen) atoms. The zero-order chi connectivity index (χ0) is 24.6. The Balaban J connectivity index is 1.79. The number of alkyl halides is 3. The number of carbonyl (C=O) groups excluding carboxylic acids is 2. The van der Waals surface area contributed by atoms with E-state index in [-0.39, 0.29) is 15.7 Å². The Labute approximate surface area is 201 Å². The maximum absolute atomic E-state index is 13.4. The lowest BCUT2D eigenvalue weighted by atomic mass is 10.0. The number of carbonyl (C=O) groups is 2. The zero-order valence-electron chi connectivity index (χ0n) is 17.4. The van der Waals surface area contributed by atoms with E-state index in [9.17, 15) is 22.8 Å². The van der Waals surface area contributed by atoms with Crippen molar-refractivity contribution < 1.29 is 27.5 Å². The van der Waals surface area contributed by atoms with Crippen LogP contribution in [0.25, 0.3) is 16.6 Å². The van der Waals surface area contributed by atoms with E-state index in [0.29, 0.717) is 28.5 Å². The summed E-state index contributed by atoms with van der Waals surface area (Å²) in [5, 5.41) is 2.21. The van der Waals surface area contributed by atoms with Gasteiger partial charge in [-0.05, 0) is 54.1 Å². The van der Waals surface area contributed by atoms with Gasteiger partial charge in [0, 0.05) is 22.3 Å². The highest BCUT2D eigenvalue weighted by atomic mass is 35.5. The van der Waals surface area contributed by atoms with E-state index < -0.39 is 29.1 Å². The van der Waals surface area contributed by atoms with Crippen LogP contribution in [0.4, 0.5) is 18.9 Å². The third-order valence-electron chi connectivity index (χ3n) is 5.10. The molecule has 10 heteroatoms. The summed E-state index contributed by atoms with van der Waals surface area (Å²) in [7, 11) is 1.46. The summed E-state index contributed by atoms with van der Waals surface area (Å²) >= 11 is 11.9. The number of aromatic nitrogens is 1. The molecule has 1 N–H and O–H groups in total. The molecule has 0 aliphatic carbocycles. The third-order valence-corrected chi connectivity index (χ3v) is 5.63. The number of anilines is 1. The summed E-state index contributed by atoms with van der Waals surface area (Å²) in [6, 6.07) is 14.5. The van der Waals surface area contributed by atoms with E-state index in [4.69, 9.17) is 27.9 Å². The first-order valence-corrected chi connectivity index (χ1v) is 10.5. The average molecular weight is 507 g/mol. The topological polar surface area (TPSA) is 59.8 Å². The molecule has 174 valence electrons. The van der Waals surface area contributed by atoms with Gasteiger partial charge >= 0.3 is 6.18 Å². The lowest BCUT2D eigenvalue weighted by Crippen LogP contribution is -2.26. The smallest absolute Gasteiger partial charge is 0.418 e. The highest BCUT2D eigenvalue weighted by Crippen LogP contribution is 2.37. The highest BCUT2D eigenvalue weighted by molar-refractivity contribution is 6.47. The lowest BCUT2D eigenvalue weighted by Gasteiger charge is -2.14. The largest absolute Gasteiger partial charge is 0.495 e. The Morgan fingerprint density at radius 2 is 1.76 bits per heavy atom. The van der Waals surface area contributed by atoms with Gasteiger partial charge in [0.1, 0.15) is 11.4 Å². The molecule has 0 aliphatic rings. The molecule has 0 radical (unpaired) electrons. The summed E-state index contributed by atoms with van der Waals surface area (Å²) in [5.41, 5.74) is -0.274. The quantitative estimate of drug-likeness (QED) is 0.240. The van der Waals surface area contributed by atoms with Crippen molar-refractivity contribution >= 4 is 46.1 Å². The van der Waals surface area contributed by atoms with Gasteiger partial charge in [-0.1, -0.05) is 35.3 Å². The van der Waals surface area contributed by atoms with Gasteiger partial charge in [0.15, 0.2) is 0 Å². The molecule has 0 unspecified atom stereocenters. The molecule has 4 aromatic rings. The third kappa shape index (κ3) is 4.47. The van der Waals surface area contributed by atoms with Crippen LogP contribution in [0.3, 0.4) is 0 Å². The number of nitrogens with zero attached hydrogens (tertiary/aromatic N) is 1. The Bertz CT molecular complexity index is 1430. The van der Waals surface area contributed by atoms with Crippen molar-refractivity contribution in [2.45, 2.75) is 6.18 Å². The lowest BCUT2D eigenvalue weighted by molar-refractivity contribution is -0.137. The van der Waals surface area contributed by atoms with Gasteiger partial charge in [-0.25, -0.2) is 0 Å². The van der Waals surface area contributed by atoms with Crippen LogP contribution in [0.15, 0.2) is 66.9 Å². The standard InChI is InChI=1S/C24H15Cl2F3N2O3/c1-34-20-8-5-13(10-18(20)26)16-12-15-4-2-3-9-31(15)21(16)22(32)23(33)30-19-7-6-14(25)11-17(19)24(27,28)29/h2-12H,1H3,(H,30,33). The number of hydrogen-bond acceptors (Lipinski definition) is 3. The first-order chi connectivity index (χ1) is 16.1. The molecule has 0 aliphatic heterocycles. The van der Waals surface area contributed by atoms with E-state index >= 15 is 0 Å². The molecule has 0 atom stereocenters. The summed E-state index contributed by atoms with van der Waals surface area (Å²) in [4.78, 5) is 26.1. The van der Waals surface area contributed by atoms with E-state index in [1.54, 1.807) is 48.7 Å². The van der Waals surface area contributed by atoms with Crippen molar-refractivity contribution in [1.82, 2.24) is 4.40 Å². The van der Waals surface area contributed by atoms with Crippen molar-refractivity contribution in [3.63, 3.8) is 0 Å². The molecule has 0 saturated heterocycles. The van der Waals surface area contributed by atoms with Crippen LogP contribution in [0.2, 0.25) is 10.0 Å². The first kappa shape index (κ1) is 23.7. The molecule has 1 amide bonds. The van der Waals surface area contributed by atoms with Crippen molar-refractivity contribution in [3.05, 3.63) is 88.2 Å². The molecule has 2 heterocycles. The summed E-state index contributed by atoms with van der Waals surface area (Å²) in [5.74, 6) is -1.85. The van der Waals surface area contributed by atoms with Crippen LogP contribution in [0.5, 0.6) is 5.75 Å². The van der Waals surface area contributed by atoms with E-state index in [1.807, 2.05) is 0 Å². The van der Waals surface area contributed by atoms with Gasteiger partial charge in [0.05, 0.1) is 23.4 Å². The van der Waals surface area contributed by atoms with Gasteiger partial charge in [-0.3, -0.25) is 9.59 Å².